The van der Waals surface area contributed by atoms with Gasteiger partial charge >= 0.3 is 0 Å². The van der Waals surface area contributed by atoms with Gasteiger partial charge < -0.3 is 4.90 Å². The van der Waals surface area contributed by atoms with Gasteiger partial charge in [-0.05, 0) is 45.1 Å². The minimum absolute atomic E-state index is 0.385. The molecule has 2 saturated heterocycles. The van der Waals surface area contributed by atoms with Crippen molar-refractivity contribution in [3.8, 4) is 0 Å². The van der Waals surface area contributed by atoms with Crippen molar-refractivity contribution in [1.29, 1.82) is 0 Å². The lowest BCUT2D eigenvalue weighted by Gasteiger charge is -2.35. The first-order chi connectivity index (χ1) is 8.08. The molecular formula is C15H27NO. The summed E-state index contributed by atoms with van der Waals surface area (Å²) in [7, 11) is 2.24. The van der Waals surface area contributed by atoms with E-state index in [0.29, 0.717) is 23.8 Å². The zero-order valence-electron chi connectivity index (χ0n) is 11.6. The predicted molar refractivity (Wildman–Crippen MR) is 71.0 cm³/mol. The molecule has 2 heterocycles. The average Bonchev–Trinajstić information content (AvgIpc) is 2.52. The zero-order chi connectivity index (χ0) is 12.4. The third-order valence-electron chi connectivity index (χ3n) is 4.76. The summed E-state index contributed by atoms with van der Waals surface area (Å²) in [5.74, 6) is 1.67. The van der Waals surface area contributed by atoms with Gasteiger partial charge in [-0.1, -0.05) is 20.3 Å². The minimum atomic E-state index is 0.385. The summed E-state index contributed by atoms with van der Waals surface area (Å²) in [4.78, 5) is 14.7. The molecular weight excluding hydrogens is 210 g/mol. The van der Waals surface area contributed by atoms with Crippen LogP contribution in [0, 0.1) is 11.8 Å². The summed E-state index contributed by atoms with van der Waals surface area (Å²) in [6.45, 7) is 4.47. The summed E-state index contributed by atoms with van der Waals surface area (Å²) in [5, 5.41) is 0. The first-order valence-electron chi connectivity index (χ1n) is 7.32. The number of carbonyl (C=O) groups is 1. The highest BCUT2D eigenvalue weighted by atomic mass is 16.1. The van der Waals surface area contributed by atoms with Crippen molar-refractivity contribution in [2.75, 3.05) is 7.05 Å². The lowest BCUT2D eigenvalue weighted by atomic mass is 9.85. The van der Waals surface area contributed by atoms with Crippen LogP contribution < -0.4 is 0 Å². The van der Waals surface area contributed by atoms with Crippen molar-refractivity contribution >= 4 is 5.78 Å². The second-order valence-electron chi connectivity index (χ2n) is 6.47. The molecule has 98 valence electrons. The highest BCUT2D eigenvalue weighted by Gasteiger charge is 2.40. The van der Waals surface area contributed by atoms with E-state index in [2.05, 4.69) is 25.8 Å². The molecule has 2 nitrogen and oxygen atoms in total. The summed E-state index contributed by atoms with van der Waals surface area (Å²) in [6, 6.07) is 1.40. The van der Waals surface area contributed by atoms with Crippen molar-refractivity contribution < 1.29 is 4.79 Å². The molecule has 2 aliphatic rings. The SMILES string of the molecule is CC(C)CCCC(=O)C1CC2CCC(C1)N2C. The smallest absolute Gasteiger partial charge is 0.136 e. The van der Waals surface area contributed by atoms with E-state index in [1.807, 2.05) is 0 Å². The standard InChI is InChI=1S/C15H27NO/c1-11(2)5-4-6-15(17)12-9-13-7-8-14(10-12)16(13)3/h11-14H,4-10H2,1-3H3. The van der Waals surface area contributed by atoms with E-state index in [1.54, 1.807) is 0 Å². The van der Waals surface area contributed by atoms with Crippen molar-refractivity contribution in [3.63, 3.8) is 0 Å². The van der Waals surface area contributed by atoms with Crippen molar-refractivity contribution in [2.24, 2.45) is 11.8 Å². The van der Waals surface area contributed by atoms with Gasteiger partial charge in [-0.15, -0.1) is 0 Å². The third-order valence-corrected chi connectivity index (χ3v) is 4.76. The Kier molecular flexibility index (Phi) is 4.24. The van der Waals surface area contributed by atoms with Crippen LogP contribution in [0.15, 0.2) is 0 Å². The van der Waals surface area contributed by atoms with Crippen LogP contribution in [0.1, 0.15) is 58.8 Å². The molecule has 2 unspecified atom stereocenters. The Hall–Kier alpha value is -0.370. The summed E-state index contributed by atoms with van der Waals surface area (Å²) in [6.07, 6.45) is 8.02. The van der Waals surface area contributed by atoms with Crippen LogP contribution >= 0.6 is 0 Å². The van der Waals surface area contributed by atoms with Crippen LogP contribution in [0.3, 0.4) is 0 Å². The van der Waals surface area contributed by atoms with Gasteiger partial charge in [0.05, 0.1) is 0 Å². The number of carbonyl (C=O) groups excluding carboxylic acids is 1. The molecule has 0 radical (unpaired) electrons. The van der Waals surface area contributed by atoms with Gasteiger partial charge in [-0.3, -0.25) is 4.79 Å². The van der Waals surface area contributed by atoms with Gasteiger partial charge in [-0.2, -0.15) is 0 Å². The summed E-state index contributed by atoms with van der Waals surface area (Å²) >= 11 is 0. The molecule has 0 aromatic heterocycles. The fourth-order valence-electron chi connectivity index (χ4n) is 3.56. The molecule has 2 aliphatic heterocycles. The number of hydrogen-bond acceptors (Lipinski definition) is 2. The summed E-state index contributed by atoms with van der Waals surface area (Å²) in [5.41, 5.74) is 0. The average molecular weight is 237 g/mol. The Morgan fingerprint density at radius 1 is 1.24 bits per heavy atom. The zero-order valence-corrected chi connectivity index (χ0v) is 11.6. The van der Waals surface area contributed by atoms with Crippen molar-refractivity contribution in [1.82, 2.24) is 4.90 Å². The molecule has 17 heavy (non-hydrogen) atoms. The largest absolute Gasteiger partial charge is 0.300 e. The Morgan fingerprint density at radius 2 is 1.82 bits per heavy atom. The van der Waals surface area contributed by atoms with Crippen LogP contribution in [-0.2, 0) is 4.79 Å². The second-order valence-corrected chi connectivity index (χ2v) is 6.47. The van der Waals surface area contributed by atoms with Crippen LogP contribution in [0.25, 0.3) is 0 Å². The fraction of sp³-hybridized carbons (Fsp3) is 0.933. The maximum absolute atomic E-state index is 12.2. The van der Waals surface area contributed by atoms with Gasteiger partial charge in [-0.25, -0.2) is 0 Å². The van der Waals surface area contributed by atoms with Crippen LogP contribution in [0.4, 0.5) is 0 Å². The van der Waals surface area contributed by atoms with Crippen molar-refractivity contribution in [2.45, 2.75) is 70.9 Å². The molecule has 0 N–H and O–H groups in total. The van der Waals surface area contributed by atoms with Crippen LogP contribution in [0.2, 0.25) is 0 Å². The molecule has 2 atom stereocenters. The van der Waals surface area contributed by atoms with E-state index in [1.165, 1.54) is 19.3 Å². The Morgan fingerprint density at radius 3 is 2.35 bits per heavy atom. The highest BCUT2D eigenvalue weighted by molar-refractivity contribution is 5.81. The molecule has 2 fully saturated rings. The summed E-state index contributed by atoms with van der Waals surface area (Å²) < 4.78 is 0. The van der Waals surface area contributed by atoms with E-state index in [0.717, 1.165) is 31.6 Å². The number of hydrogen-bond donors (Lipinski definition) is 0. The van der Waals surface area contributed by atoms with E-state index >= 15 is 0 Å². The minimum Gasteiger partial charge on any atom is -0.300 e. The first kappa shape index (κ1) is 13.1. The van der Waals surface area contributed by atoms with Gasteiger partial charge in [0.25, 0.3) is 0 Å². The number of fused-ring (bicyclic) bond motifs is 2. The fourth-order valence-corrected chi connectivity index (χ4v) is 3.56. The van der Waals surface area contributed by atoms with Crippen molar-refractivity contribution in [3.05, 3.63) is 0 Å². The van der Waals surface area contributed by atoms with Gasteiger partial charge in [0.1, 0.15) is 5.78 Å². The molecule has 0 aliphatic carbocycles. The van der Waals surface area contributed by atoms with Crippen LogP contribution in [0.5, 0.6) is 0 Å². The Bertz CT molecular complexity index is 260. The number of ketones is 1. The highest BCUT2D eigenvalue weighted by Crippen LogP contribution is 2.38. The predicted octanol–water partition coefficient (Wildman–Crippen LogP) is 3.25. The third kappa shape index (κ3) is 3.09. The molecule has 0 aromatic carbocycles. The lowest BCUT2D eigenvalue weighted by molar-refractivity contribution is -0.125. The molecule has 0 amide bonds. The molecule has 2 rings (SSSR count). The normalized spacial score (nSPS) is 33.3. The topological polar surface area (TPSA) is 20.3 Å². The maximum atomic E-state index is 12.2. The van der Waals surface area contributed by atoms with E-state index in [4.69, 9.17) is 0 Å². The second kappa shape index (κ2) is 5.51. The van der Waals surface area contributed by atoms with Gasteiger partial charge in [0.2, 0.25) is 0 Å². The number of piperidine rings is 1. The van der Waals surface area contributed by atoms with Crippen LogP contribution in [-0.4, -0.2) is 29.8 Å². The number of nitrogens with zero attached hydrogens (tertiary/aromatic N) is 1. The first-order valence-corrected chi connectivity index (χ1v) is 7.32. The molecule has 0 aromatic rings. The quantitative estimate of drug-likeness (QED) is 0.731. The molecule has 0 spiro atoms. The van der Waals surface area contributed by atoms with E-state index < -0.39 is 0 Å². The van der Waals surface area contributed by atoms with E-state index in [-0.39, 0.29) is 0 Å². The number of Topliss-reactive ketones (excluding diaryl/α,β-unsaturated/α-hetero) is 1. The maximum Gasteiger partial charge on any atom is 0.136 e. The molecule has 2 heteroatoms. The number of rotatable bonds is 5. The Labute approximate surface area is 106 Å². The molecule has 0 saturated carbocycles. The lowest BCUT2D eigenvalue weighted by Crippen LogP contribution is -2.42. The Balaban J connectivity index is 1.77. The monoisotopic (exact) mass is 237 g/mol. The molecule has 2 bridgehead atoms. The van der Waals surface area contributed by atoms with Gasteiger partial charge in [0, 0.05) is 24.4 Å². The van der Waals surface area contributed by atoms with E-state index in [9.17, 15) is 4.79 Å². The van der Waals surface area contributed by atoms with Gasteiger partial charge in [0.15, 0.2) is 0 Å².